The Morgan fingerprint density at radius 1 is 0.315 bits per heavy atom. The van der Waals surface area contributed by atoms with Gasteiger partial charge in [-0.15, -0.1) is 0 Å². The molecular formula is C73H142O17P2. The zero-order valence-electron chi connectivity index (χ0n) is 60.0. The molecule has 0 aromatic heterocycles. The molecule has 17 nitrogen and oxygen atoms in total. The molecule has 0 saturated heterocycles. The number of carbonyl (C=O) groups excluding carboxylic acids is 4. The number of unbranched alkanes of at least 4 members (excludes halogenated alkanes) is 38. The summed E-state index contributed by atoms with van der Waals surface area (Å²) in [7, 11) is -9.91. The summed E-state index contributed by atoms with van der Waals surface area (Å²) in [4.78, 5) is 72.7. The monoisotopic (exact) mass is 1350 g/mol. The molecule has 0 fully saturated rings. The van der Waals surface area contributed by atoms with Crippen molar-refractivity contribution < 1.29 is 80.2 Å². The van der Waals surface area contributed by atoms with Crippen LogP contribution >= 0.6 is 15.6 Å². The van der Waals surface area contributed by atoms with Gasteiger partial charge in [0.2, 0.25) is 0 Å². The van der Waals surface area contributed by atoms with Crippen LogP contribution in [0.4, 0.5) is 0 Å². The van der Waals surface area contributed by atoms with Crippen molar-refractivity contribution in [2.24, 2.45) is 17.8 Å². The highest BCUT2D eigenvalue weighted by molar-refractivity contribution is 7.47. The van der Waals surface area contributed by atoms with Gasteiger partial charge in [0.25, 0.3) is 0 Å². The summed E-state index contributed by atoms with van der Waals surface area (Å²) < 4.78 is 68.4. The third kappa shape index (κ3) is 65.4. The number of hydrogen-bond acceptors (Lipinski definition) is 15. The standard InChI is InChI=1S/C73H142O17P2/c1-8-10-11-12-13-14-15-16-17-18-19-20-21-26-34-42-49-56-72(77)89-68(60-83-70(75)54-47-40-33-25-23-22-24-30-37-44-51-64(3)4)62-87-91(79,80)85-58-67(74)59-86-92(81,82)88-63-69(61-84-71(76)55-48-41-36-29-31-38-45-52-65(5)6)90-73(78)57-50-43-35-28-27-32-39-46-53-66(7)9-2/h64-69,74H,8-63H2,1-7H3,(H,79,80)(H,81,82)/t66?,67-,68-,69-/m1/s1. The van der Waals surface area contributed by atoms with Crippen molar-refractivity contribution in [3.63, 3.8) is 0 Å². The van der Waals surface area contributed by atoms with E-state index in [1.807, 2.05) is 0 Å². The highest BCUT2D eigenvalue weighted by Gasteiger charge is 2.30. The Bertz CT molecular complexity index is 1800. The third-order valence-corrected chi connectivity index (χ3v) is 19.1. The molecule has 0 aliphatic carbocycles. The summed E-state index contributed by atoms with van der Waals surface area (Å²) in [5, 5.41) is 10.6. The Morgan fingerprint density at radius 3 is 0.826 bits per heavy atom. The first-order chi connectivity index (χ1) is 44.3. The lowest BCUT2D eigenvalue weighted by molar-refractivity contribution is -0.161. The first-order valence-electron chi connectivity index (χ1n) is 37.9. The van der Waals surface area contributed by atoms with E-state index in [0.717, 1.165) is 108 Å². The minimum atomic E-state index is -4.95. The largest absolute Gasteiger partial charge is 0.472 e. The van der Waals surface area contributed by atoms with Crippen molar-refractivity contribution in [1.29, 1.82) is 0 Å². The van der Waals surface area contributed by atoms with Crippen LogP contribution in [0.25, 0.3) is 0 Å². The summed E-state index contributed by atoms with van der Waals surface area (Å²) in [6.45, 7) is 11.8. The lowest BCUT2D eigenvalue weighted by Gasteiger charge is -2.21. The smallest absolute Gasteiger partial charge is 0.462 e. The molecule has 0 heterocycles. The van der Waals surface area contributed by atoms with Crippen LogP contribution < -0.4 is 0 Å². The molecule has 0 amide bonds. The van der Waals surface area contributed by atoms with E-state index >= 15 is 0 Å². The molecule has 0 saturated carbocycles. The Labute approximate surface area is 562 Å². The maximum absolute atomic E-state index is 13.1. The van der Waals surface area contributed by atoms with Crippen LogP contribution in [-0.2, 0) is 65.4 Å². The molecule has 92 heavy (non-hydrogen) atoms. The van der Waals surface area contributed by atoms with Gasteiger partial charge in [0, 0.05) is 25.7 Å². The van der Waals surface area contributed by atoms with Crippen molar-refractivity contribution in [2.75, 3.05) is 39.6 Å². The highest BCUT2D eigenvalue weighted by Crippen LogP contribution is 2.45. The predicted molar refractivity (Wildman–Crippen MR) is 372 cm³/mol. The van der Waals surface area contributed by atoms with Gasteiger partial charge >= 0.3 is 39.5 Å². The number of esters is 4. The Hall–Kier alpha value is -1.94. The molecule has 0 aliphatic heterocycles. The van der Waals surface area contributed by atoms with E-state index in [-0.39, 0.29) is 25.7 Å². The molecule has 0 radical (unpaired) electrons. The van der Waals surface area contributed by atoms with E-state index in [4.69, 9.17) is 37.0 Å². The SMILES string of the molecule is CCCCCCCCCCCCCCCCCCCC(=O)O[C@H](COC(=O)CCCCCCCCCCCCC(C)C)COP(=O)(O)OC[C@@H](O)COP(=O)(O)OC[C@@H](COC(=O)CCCCCCCCCC(C)C)OC(=O)CCCCCCCCCCC(C)CC. The number of rotatable bonds is 71. The first-order valence-corrected chi connectivity index (χ1v) is 40.9. The third-order valence-electron chi connectivity index (χ3n) is 17.2. The van der Waals surface area contributed by atoms with Crippen LogP contribution in [-0.4, -0.2) is 96.7 Å². The fourth-order valence-corrected chi connectivity index (χ4v) is 12.6. The number of hydrogen-bond donors (Lipinski definition) is 3. The number of phosphoric acid groups is 2. The quantitative estimate of drug-likeness (QED) is 0.0222. The minimum Gasteiger partial charge on any atom is -0.462 e. The summed E-state index contributed by atoms with van der Waals surface area (Å²) in [5.74, 6) is 0.109. The molecule has 6 atom stereocenters. The maximum Gasteiger partial charge on any atom is 0.472 e. The highest BCUT2D eigenvalue weighted by atomic mass is 31.2. The number of carbonyl (C=O) groups is 4. The summed E-state index contributed by atoms with van der Waals surface area (Å²) in [6.07, 6.45) is 48.6. The van der Waals surface area contributed by atoms with Gasteiger partial charge in [0.05, 0.1) is 26.4 Å². The second-order valence-electron chi connectivity index (χ2n) is 27.5. The Morgan fingerprint density at radius 2 is 0.554 bits per heavy atom. The molecule has 3 N–H and O–H groups in total. The molecule has 19 heteroatoms. The average molecular weight is 1350 g/mol. The fraction of sp³-hybridized carbons (Fsp3) is 0.945. The molecule has 0 aromatic rings. The van der Waals surface area contributed by atoms with E-state index in [9.17, 15) is 43.2 Å². The molecule has 0 bridgehead atoms. The van der Waals surface area contributed by atoms with Crippen molar-refractivity contribution in [3.8, 4) is 0 Å². The van der Waals surface area contributed by atoms with Crippen LogP contribution in [0.15, 0.2) is 0 Å². The molecule has 546 valence electrons. The summed E-state index contributed by atoms with van der Waals surface area (Å²) in [5.41, 5.74) is 0. The molecular weight excluding hydrogens is 1210 g/mol. The zero-order valence-corrected chi connectivity index (χ0v) is 61.8. The fourth-order valence-electron chi connectivity index (χ4n) is 11.0. The van der Waals surface area contributed by atoms with Gasteiger partial charge in [0.15, 0.2) is 12.2 Å². The Kier molecular flexibility index (Phi) is 62.4. The summed E-state index contributed by atoms with van der Waals surface area (Å²) in [6, 6.07) is 0. The van der Waals surface area contributed by atoms with Crippen LogP contribution in [0, 0.1) is 17.8 Å². The van der Waals surface area contributed by atoms with Gasteiger partial charge < -0.3 is 33.8 Å². The summed E-state index contributed by atoms with van der Waals surface area (Å²) >= 11 is 0. The number of phosphoric ester groups is 2. The van der Waals surface area contributed by atoms with Gasteiger partial charge in [-0.25, -0.2) is 9.13 Å². The first kappa shape index (κ1) is 90.1. The predicted octanol–water partition coefficient (Wildman–Crippen LogP) is 21.0. The Balaban J connectivity index is 5.25. The molecule has 0 rings (SSSR count). The molecule has 3 unspecified atom stereocenters. The number of aliphatic hydroxyl groups excluding tert-OH is 1. The van der Waals surface area contributed by atoms with Gasteiger partial charge in [-0.3, -0.25) is 37.3 Å². The normalized spacial score (nSPS) is 14.4. The van der Waals surface area contributed by atoms with Crippen LogP contribution in [0.2, 0.25) is 0 Å². The van der Waals surface area contributed by atoms with Gasteiger partial charge in [-0.05, 0) is 43.4 Å². The number of aliphatic hydroxyl groups is 1. The van der Waals surface area contributed by atoms with Crippen molar-refractivity contribution in [2.45, 2.75) is 388 Å². The van der Waals surface area contributed by atoms with Crippen LogP contribution in [0.3, 0.4) is 0 Å². The second kappa shape index (κ2) is 63.8. The van der Waals surface area contributed by atoms with Crippen LogP contribution in [0.5, 0.6) is 0 Å². The van der Waals surface area contributed by atoms with Gasteiger partial charge in [0.1, 0.15) is 19.3 Å². The van der Waals surface area contributed by atoms with Crippen LogP contribution in [0.1, 0.15) is 370 Å². The lowest BCUT2D eigenvalue weighted by atomic mass is 9.99. The van der Waals surface area contributed by atoms with E-state index in [2.05, 4.69) is 48.5 Å². The average Bonchev–Trinajstić information content (AvgIpc) is 3.68. The van der Waals surface area contributed by atoms with E-state index in [1.165, 1.54) is 173 Å². The van der Waals surface area contributed by atoms with E-state index < -0.39 is 97.5 Å². The maximum atomic E-state index is 13.1. The lowest BCUT2D eigenvalue weighted by Crippen LogP contribution is -2.30. The van der Waals surface area contributed by atoms with Crippen molar-refractivity contribution in [1.82, 2.24) is 0 Å². The second-order valence-corrected chi connectivity index (χ2v) is 30.4. The molecule has 0 aliphatic rings. The van der Waals surface area contributed by atoms with Crippen molar-refractivity contribution >= 4 is 39.5 Å². The van der Waals surface area contributed by atoms with E-state index in [1.54, 1.807) is 0 Å². The number of ether oxygens (including phenoxy) is 4. The zero-order chi connectivity index (χ0) is 68.0. The van der Waals surface area contributed by atoms with Crippen molar-refractivity contribution in [3.05, 3.63) is 0 Å². The van der Waals surface area contributed by atoms with Gasteiger partial charge in [-0.1, -0.05) is 318 Å². The minimum absolute atomic E-state index is 0.104. The van der Waals surface area contributed by atoms with E-state index in [0.29, 0.717) is 31.6 Å². The molecule has 0 spiro atoms. The topological polar surface area (TPSA) is 237 Å². The van der Waals surface area contributed by atoms with Gasteiger partial charge in [-0.2, -0.15) is 0 Å². The molecule has 0 aromatic carbocycles.